The van der Waals surface area contributed by atoms with E-state index in [1.54, 1.807) is 19.2 Å². The Hall–Kier alpha value is -0.850. The Morgan fingerprint density at radius 1 is 1.45 bits per heavy atom. The molecule has 2 atom stereocenters. The van der Waals surface area contributed by atoms with Crippen LogP contribution in [0.4, 0.5) is 4.39 Å². The summed E-state index contributed by atoms with van der Waals surface area (Å²) in [7, 11) is 1.79. The number of guanidine groups is 1. The molecule has 0 saturated heterocycles. The lowest BCUT2D eigenvalue weighted by Gasteiger charge is -2.11. The van der Waals surface area contributed by atoms with Gasteiger partial charge >= 0.3 is 0 Å². The van der Waals surface area contributed by atoms with Crippen LogP contribution in [0.25, 0.3) is 0 Å². The highest BCUT2D eigenvalue weighted by atomic mass is 127. The Labute approximate surface area is 137 Å². The van der Waals surface area contributed by atoms with Gasteiger partial charge in [-0.1, -0.05) is 19.1 Å². The van der Waals surface area contributed by atoms with Gasteiger partial charge in [0, 0.05) is 19.6 Å². The smallest absolute Gasteiger partial charge is 0.191 e. The molecule has 2 unspecified atom stereocenters. The molecule has 0 spiro atoms. The first kappa shape index (κ1) is 17.2. The first-order valence-electron chi connectivity index (χ1n) is 6.90. The van der Waals surface area contributed by atoms with Crippen LogP contribution in [0.3, 0.4) is 0 Å². The third kappa shape index (κ3) is 5.64. The van der Waals surface area contributed by atoms with E-state index in [2.05, 4.69) is 22.5 Å². The largest absolute Gasteiger partial charge is 0.356 e. The predicted octanol–water partition coefficient (Wildman–Crippen LogP) is 2.95. The molecule has 1 aliphatic rings. The lowest BCUT2D eigenvalue weighted by Crippen LogP contribution is -2.39. The van der Waals surface area contributed by atoms with Crippen molar-refractivity contribution in [2.45, 2.75) is 32.2 Å². The summed E-state index contributed by atoms with van der Waals surface area (Å²) in [4.78, 5) is 4.20. The molecule has 1 aliphatic carbocycles. The van der Waals surface area contributed by atoms with Crippen LogP contribution in [-0.4, -0.2) is 25.6 Å². The second-order valence-corrected chi connectivity index (χ2v) is 5.20. The van der Waals surface area contributed by atoms with Gasteiger partial charge < -0.3 is 10.6 Å². The number of nitrogens with one attached hydrogen (secondary N) is 2. The van der Waals surface area contributed by atoms with Crippen LogP contribution < -0.4 is 10.6 Å². The maximum absolute atomic E-state index is 13.0. The van der Waals surface area contributed by atoms with E-state index in [4.69, 9.17) is 0 Å². The second-order valence-electron chi connectivity index (χ2n) is 5.20. The summed E-state index contributed by atoms with van der Waals surface area (Å²) in [5.74, 6) is 1.46. The van der Waals surface area contributed by atoms with E-state index in [1.165, 1.54) is 12.5 Å². The van der Waals surface area contributed by atoms with Crippen molar-refractivity contribution in [1.29, 1.82) is 0 Å². The highest BCUT2D eigenvalue weighted by Crippen LogP contribution is 2.28. The normalized spacial score (nSPS) is 21.1. The molecule has 2 rings (SSSR count). The van der Waals surface area contributed by atoms with E-state index < -0.39 is 0 Å². The fourth-order valence-electron chi connectivity index (χ4n) is 2.09. The molecule has 112 valence electrons. The Kier molecular flexibility index (Phi) is 7.26. The van der Waals surface area contributed by atoms with Crippen LogP contribution in [0.15, 0.2) is 29.3 Å². The first-order chi connectivity index (χ1) is 9.19. The molecule has 1 aromatic rings. The number of rotatable bonds is 5. The summed E-state index contributed by atoms with van der Waals surface area (Å²) in [6, 6.07) is 7.37. The highest BCUT2D eigenvalue weighted by Gasteiger charge is 2.32. The van der Waals surface area contributed by atoms with Crippen molar-refractivity contribution < 1.29 is 4.39 Å². The van der Waals surface area contributed by atoms with E-state index >= 15 is 0 Å². The number of hydrogen-bond acceptors (Lipinski definition) is 1. The highest BCUT2D eigenvalue weighted by molar-refractivity contribution is 14.0. The molecule has 0 bridgehead atoms. The number of aryl methyl sites for hydroxylation is 1. The minimum atomic E-state index is -0.161. The van der Waals surface area contributed by atoms with E-state index in [-0.39, 0.29) is 29.8 Å². The second kappa shape index (κ2) is 8.44. The van der Waals surface area contributed by atoms with Crippen molar-refractivity contribution in [2.24, 2.45) is 10.9 Å². The third-order valence-electron chi connectivity index (χ3n) is 3.48. The minimum absolute atomic E-state index is 0. The van der Waals surface area contributed by atoms with Crippen LogP contribution in [0.2, 0.25) is 0 Å². The van der Waals surface area contributed by atoms with E-state index in [0.29, 0.717) is 6.04 Å². The zero-order chi connectivity index (χ0) is 13.7. The Balaban J connectivity index is 0.00000200. The Morgan fingerprint density at radius 3 is 2.80 bits per heavy atom. The van der Waals surface area contributed by atoms with Crippen molar-refractivity contribution in [1.82, 2.24) is 10.6 Å². The van der Waals surface area contributed by atoms with Crippen molar-refractivity contribution in [3.05, 3.63) is 35.6 Å². The van der Waals surface area contributed by atoms with Gasteiger partial charge in [0.25, 0.3) is 0 Å². The molecule has 0 aromatic heterocycles. The molecule has 3 nitrogen and oxygen atoms in total. The molecule has 0 aliphatic heterocycles. The third-order valence-corrected chi connectivity index (χ3v) is 3.48. The van der Waals surface area contributed by atoms with Crippen molar-refractivity contribution in [3.8, 4) is 0 Å². The number of benzene rings is 1. The Bertz CT molecular complexity index is 450. The molecular weight excluding hydrogens is 368 g/mol. The fourth-order valence-corrected chi connectivity index (χ4v) is 2.09. The SMILES string of the molecule is CN=C(NCCCc1cccc(F)c1)NC1CC1C.I. The van der Waals surface area contributed by atoms with E-state index in [9.17, 15) is 4.39 Å². The molecule has 5 heteroatoms. The van der Waals surface area contributed by atoms with Crippen molar-refractivity contribution in [3.63, 3.8) is 0 Å². The maximum atomic E-state index is 13.0. The summed E-state index contributed by atoms with van der Waals surface area (Å²) in [6.45, 7) is 3.08. The van der Waals surface area contributed by atoms with Gasteiger partial charge in [0.2, 0.25) is 0 Å². The van der Waals surface area contributed by atoms with Gasteiger partial charge in [-0.25, -0.2) is 4.39 Å². The summed E-state index contributed by atoms with van der Waals surface area (Å²) in [6.07, 6.45) is 3.07. The summed E-state index contributed by atoms with van der Waals surface area (Å²) >= 11 is 0. The molecule has 0 heterocycles. The Morgan fingerprint density at radius 2 is 2.20 bits per heavy atom. The molecule has 0 radical (unpaired) electrons. The monoisotopic (exact) mass is 391 g/mol. The lowest BCUT2D eigenvalue weighted by atomic mass is 10.1. The van der Waals surface area contributed by atoms with Gasteiger partial charge in [0.15, 0.2) is 5.96 Å². The number of aliphatic imine (C=N–C) groups is 1. The van der Waals surface area contributed by atoms with Gasteiger partial charge in [0.1, 0.15) is 5.82 Å². The molecule has 1 aromatic carbocycles. The first-order valence-corrected chi connectivity index (χ1v) is 6.90. The average molecular weight is 391 g/mol. The number of hydrogen-bond donors (Lipinski definition) is 2. The maximum Gasteiger partial charge on any atom is 0.191 e. The minimum Gasteiger partial charge on any atom is -0.356 e. The summed E-state index contributed by atoms with van der Waals surface area (Å²) in [5.41, 5.74) is 1.04. The zero-order valence-corrected chi connectivity index (χ0v) is 14.4. The molecule has 1 fully saturated rings. The quantitative estimate of drug-likeness (QED) is 0.351. The van der Waals surface area contributed by atoms with E-state index in [0.717, 1.165) is 36.8 Å². The van der Waals surface area contributed by atoms with Gasteiger partial charge in [-0.2, -0.15) is 0 Å². The summed E-state index contributed by atoms with van der Waals surface area (Å²) in [5, 5.41) is 6.67. The zero-order valence-electron chi connectivity index (χ0n) is 12.0. The van der Waals surface area contributed by atoms with Gasteiger partial charge in [-0.15, -0.1) is 24.0 Å². The van der Waals surface area contributed by atoms with Gasteiger partial charge in [-0.3, -0.25) is 4.99 Å². The van der Waals surface area contributed by atoms with Crippen LogP contribution in [0.5, 0.6) is 0 Å². The predicted molar refractivity (Wildman–Crippen MR) is 92.2 cm³/mol. The van der Waals surface area contributed by atoms with Crippen molar-refractivity contribution in [2.75, 3.05) is 13.6 Å². The molecule has 2 N–H and O–H groups in total. The lowest BCUT2D eigenvalue weighted by molar-refractivity contribution is 0.624. The van der Waals surface area contributed by atoms with Gasteiger partial charge in [0.05, 0.1) is 0 Å². The van der Waals surface area contributed by atoms with E-state index in [1.807, 2.05) is 6.07 Å². The standard InChI is InChI=1S/C15H22FN3.HI/c1-11-9-14(11)19-15(17-2)18-8-4-6-12-5-3-7-13(16)10-12;/h3,5,7,10-11,14H,4,6,8-9H2,1-2H3,(H2,17,18,19);1H. The number of nitrogens with zero attached hydrogens (tertiary/aromatic N) is 1. The molecule has 0 amide bonds. The molecule has 1 saturated carbocycles. The summed E-state index contributed by atoms with van der Waals surface area (Å²) < 4.78 is 13.0. The molecule has 20 heavy (non-hydrogen) atoms. The van der Waals surface area contributed by atoms with Gasteiger partial charge in [-0.05, 0) is 42.9 Å². The fraction of sp³-hybridized carbons (Fsp3) is 0.533. The van der Waals surface area contributed by atoms with Crippen molar-refractivity contribution >= 4 is 29.9 Å². The number of halogens is 2. The topological polar surface area (TPSA) is 36.4 Å². The molecular formula is C15H23FIN3. The van der Waals surface area contributed by atoms with Crippen LogP contribution in [0.1, 0.15) is 25.3 Å². The van der Waals surface area contributed by atoms with Crippen LogP contribution >= 0.6 is 24.0 Å². The van der Waals surface area contributed by atoms with Crippen LogP contribution in [0, 0.1) is 11.7 Å². The van der Waals surface area contributed by atoms with Crippen LogP contribution in [-0.2, 0) is 6.42 Å². The average Bonchev–Trinajstić information content (AvgIpc) is 3.09.